The van der Waals surface area contributed by atoms with E-state index in [4.69, 9.17) is 4.74 Å². The minimum Gasteiger partial charge on any atom is -0.458 e. The van der Waals surface area contributed by atoms with Gasteiger partial charge >= 0.3 is 5.97 Å². The van der Waals surface area contributed by atoms with Crippen LogP contribution < -0.4 is 0 Å². The molecule has 0 saturated carbocycles. The summed E-state index contributed by atoms with van der Waals surface area (Å²) < 4.78 is 5.14. The largest absolute Gasteiger partial charge is 0.458 e. The molecular weight excluding hydrogens is 202 g/mol. The molecule has 1 aromatic rings. The second-order valence-corrected chi connectivity index (χ2v) is 4.23. The summed E-state index contributed by atoms with van der Waals surface area (Å²) in [6, 6.07) is 8.12. The van der Waals surface area contributed by atoms with Crippen molar-refractivity contribution in [3.63, 3.8) is 0 Å². The molecule has 88 valence electrons. The number of carbonyl (C=O) groups is 1. The van der Waals surface area contributed by atoms with Gasteiger partial charge in [-0.15, -0.1) is 0 Å². The van der Waals surface area contributed by atoms with Crippen molar-refractivity contribution in [3.8, 4) is 0 Å². The first-order chi connectivity index (χ1) is 7.49. The van der Waals surface area contributed by atoms with Crippen LogP contribution in [0.3, 0.4) is 0 Å². The van der Waals surface area contributed by atoms with E-state index in [1.54, 1.807) is 0 Å². The summed E-state index contributed by atoms with van der Waals surface area (Å²) in [5.74, 6) is -0.245. The number of benzene rings is 1. The maximum absolute atomic E-state index is 10.9. The lowest BCUT2D eigenvalue weighted by atomic mass is 10.1. The molecule has 0 N–H and O–H groups in total. The van der Waals surface area contributed by atoms with Crippen LogP contribution in [0.4, 0.5) is 0 Å². The van der Waals surface area contributed by atoms with Crippen LogP contribution in [0.5, 0.6) is 0 Å². The molecule has 1 aromatic carbocycles. The lowest BCUT2D eigenvalue weighted by molar-refractivity contribution is -0.145. The van der Waals surface area contributed by atoms with E-state index >= 15 is 0 Å². The van der Waals surface area contributed by atoms with Gasteiger partial charge in [0, 0.05) is 13.5 Å². The van der Waals surface area contributed by atoms with E-state index in [1.807, 2.05) is 33.2 Å². The number of hydrogen-bond acceptors (Lipinski definition) is 3. The van der Waals surface area contributed by atoms with Crippen LogP contribution >= 0.6 is 0 Å². The standard InChI is InChI=1S/C13H19NO2/c1-10(16-11(2)15)13-7-5-6-12(8-13)9-14(3)4/h5-8,10H,9H2,1-4H3/t10-/m0/s1. The molecule has 0 spiro atoms. The quantitative estimate of drug-likeness (QED) is 0.731. The van der Waals surface area contributed by atoms with Crippen molar-refractivity contribution in [1.82, 2.24) is 4.90 Å². The Hall–Kier alpha value is -1.35. The lowest BCUT2D eigenvalue weighted by Gasteiger charge is -2.15. The molecule has 0 unspecified atom stereocenters. The van der Waals surface area contributed by atoms with Crippen molar-refractivity contribution in [1.29, 1.82) is 0 Å². The van der Waals surface area contributed by atoms with E-state index in [0.29, 0.717) is 0 Å². The summed E-state index contributed by atoms with van der Waals surface area (Å²) >= 11 is 0. The normalized spacial score (nSPS) is 12.6. The molecule has 0 aliphatic carbocycles. The highest BCUT2D eigenvalue weighted by atomic mass is 16.5. The van der Waals surface area contributed by atoms with Gasteiger partial charge < -0.3 is 9.64 Å². The minimum atomic E-state index is -0.245. The van der Waals surface area contributed by atoms with Gasteiger partial charge in [-0.25, -0.2) is 0 Å². The van der Waals surface area contributed by atoms with Gasteiger partial charge in [0.2, 0.25) is 0 Å². The smallest absolute Gasteiger partial charge is 0.303 e. The Bertz CT molecular complexity index is 361. The first-order valence-corrected chi connectivity index (χ1v) is 5.40. The molecule has 3 heteroatoms. The zero-order chi connectivity index (χ0) is 12.1. The summed E-state index contributed by atoms with van der Waals surface area (Å²) in [6.45, 7) is 4.21. The molecule has 0 fully saturated rings. The average molecular weight is 221 g/mol. The highest BCUT2D eigenvalue weighted by Crippen LogP contribution is 2.18. The highest BCUT2D eigenvalue weighted by molar-refractivity contribution is 5.66. The number of ether oxygens (including phenoxy) is 1. The van der Waals surface area contributed by atoms with Gasteiger partial charge in [0.15, 0.2) is 0 Å². The Morgan fingerprint density at radius 1 is 1.44 bits per heavy atom. The third-order valence-corrected chi connectivity index (χ3v) is 2.26. The first-order valence-electron chi connectivity index (χ1n) is 5.40. The SMILES string of the molecule is CC(=O)O[C@@H](C)c1cccc(CN(C)C)c1. The van der Waals surface area contributed by atoms with Crippen LogP contribution in [0.15, 0.2) is 24.3 Å². The second kappa shape index (κ2) is 5.66. The topological polar surface area (TPSA) is 29.5 Å². The Morgan fingerprint density at radius 2 is 2.12 bits per heavy atom. The number of carbonyl (C=O) groups excluding carboxylic acids is 1. The van der Waals surface area contributed by atoms with Crippen molar-refractivity contribution >= 4 is 5.97 Å². The lowest BCUT2D eigenvalue weighted by Crippen LogP contribution is -2.11. The van der Waals surface area contributed by atoms with Gasteiger partial charge in [0.25, 0.3) is 0 Å². The molecule has 1 rings (SSSR count). The van der Waals surface area contributed by atoms with Crippen molar-refractivity contribution in [2.24, 2.45) is 0 Å². The van der Waals surface area contributed by atoms with Gasteiger partial charge in [-0.1, -0.05) is 24.3 Å². The Labute approximate surface area is 97.0 Å². The van der Waals surface area contributed by atoms with E-state index < -0.39 is 0 Å². The van der Waals surface area contributed by atoms with Crippen LogP contribution in [0.1, 0.15) is 31.1 Å². The van der Waals surface area contributed by atoms with E-state index in [-0.39, 0.29) is 12.1 Å². The monoisotopic (exact) mass is 221 g/mol. The third-order valence-electron chi connectivity index (χ3n) is 2.26. The maximum atomic E-state index is 10.9. The molecule has 0 radical (unpaired) electrons. The molecular formula is C13H19NO2. The highest BCUT2D eigenvalue weighted by Gasteiger charge is 2.08. The minimum absolute atomic E-state index is 0.181. The number of rotatable bonds is 4. The van der Waals surface area contributed by atoms with E-state index in [2.05, 4.69) is 17.0 Å². The molecule has 0 saturated heterocycles. The van der Waals surface area contributed by atoms with E-state index in [1.165, 1.54) is 12.5 Å². The van der Waals surface area contributed by atoms with Crippen LogP contribution in [-0.2, 0) is 16.1 Å². The maximum Gasteiger partial charge on any atom is 0.303 e. The van der Waals surface area contributed by atoms with Crippen LogP contribution in [0.25, 0.3) is 0 Å². The summed E-state index contributed by atoms with van der Waals surface area (Å²) in [6.07, 6.45) is -0.181. The van der Waals surface area contributed by atoms with E-state index in [9.17, 15) is 4.79 Å². The van der Waals surface area contributed by atoms with Crippen LogP contribution in [0.2, 0.25) is 0 Å². The fourth-order valence-corrected chi connectivity index (χ4v) is 1.63. The molecule has 1 atom stereocenters. The zero-order valence-corrected chi connectivity index (χ0v) is 10.4. The first kappa shape index (κ1) is 12.7. The van der Waals surface area contributed by atoms with Gasteiger partial charge in [0.05, 0.1) is 0 Å². The summed E-state index contributed by atoms with van der Waals surface area (Å²) in [7, 11) is 4.06. The van der Waals surface area contributed by atoms with Crippen molar-refractivity contribution in [2.75, 3.05) is 14.1 Å². The van der Waals surface area contributed by atoms with E-state index in [0.717, 1.165) is 12.1 Å². The zero-order valence-electron chi connectivity index (χ0n) is 10.4. The van der Waals surface area contributed by atoms with Gasteiger partial charge in [-0.2, -0.15) is 0 Å². The molecule has 0 aliphatic heterocycles. The molecule has 0 heterocycles. The van der Waals surface area contributed by atoms with Gasteiger partial charge in [0.1, 0.15) is 6.10 Å². The second-order valence-electron chi connectivity index (χ2n) is 4.23. The Morgan fingerprint density at radius 3 is 2.69 bits per heavy atom. The average Bonchev–Trinajstić information content (AvgIpc) is 2.16. The molecule has 0 aliphatic rings. The summed E-state index contributed by atoms with van der Waals surface area (Å²) in [5, 5.41) is 0. The fraction of sp³-hybridized carbons (Fsp3) is 0.462. The molecule has 0 aromatic heterocycles. The van der Waals surface area contributed by atoms with Crippen molar-refractivity contribution in [3.05, 3.63) is 35.4 Å². The third kappa shape index (κ3) is 4.03. The summed E-state index contributed by atoms with van der Waals surface area (Å²) in [4.78, 5) is 13.0. The van der Waals surface area contributed by atoms with Crippen molar-refractivity contribution in [2.45, 2.75) is 26.5 Å². The van der Waals surface area contributed by atoms with Gasteiger partial charge in [-0.3, -0.25) is 4.79 Å². The number of nitrogens with zero attached hydrogens (tertiary/aromatic N) is 1. The predicted molar refractivity (Wildman–Crippen MR) is 64.0 cm³/mol. The number of esters is 1. The fourth-order valence-electron chi connectivity index (χ4n) is 1.63. The van der Waals surface area contributed by atoms with Gasteiger partial charge in [-0.05, 0) is 32.1 Å². The van der Waals surface area contributed by atoms with Crippen LogP contribution in [-0.4, -0.2) is 25.0 Å². The predicted octanol–water partition coefficient (Wildman–Crippen LogP) is 2.37. The summed E-state index contributed by atoms with van der Waals surface area (Å²) in [5.41, 5.74) is 2.26. The molecule has 16 heavy (non-hydrogen) atoms. The van der Waals surface area contributed by atoms with Crippen LogP contribution in [0, 0.1) is 0 Å². The Balaban J connectivity index is 2.77. The molecule has 0 amide bonds. The molecule has 0 bridgehead atoms. The molecule has 3 nitrogen and oxygen atoms in total. The Kier molecular flexibility index (Phi) is 4.50. The number of hydrogen-bond donors (Lipinski definition) is 0. The van der Waals surface area contributed by atoms with Crippen molar-refractivity contribution < 1.29 is 9.53 Å².